The lowest BCUT2D eigenvalue weighted by molar-refractivity contribution is 0.0696. The van der Waals surface area contributed by atoms with Crippen LogP contribution in [0.15, 0.2) is 41.4 Å². The van der Waals surface area contributed by atoms with Gasteiger partial charge in [0.1, 0.15) is 4.90 Å². The summed E-state index contributed by atoms with van der Waals surface area (Å²) in [5, 5.41) is 9.09. The Labute approximate surface area is 134 Å². The summed E-state index contributed by atoms with van der Waals surface area (Å²) in [6.07, 6.45) is 1.18. The first kappa shape index (κ1) is 16.8. The van der Waals surface area contributed by atoms with Crippen LogP contribution in [-0.4, -0.2) is 31.1 Å². The maximum Gasteiger partial charge on any atom is 0.336 e. The molecule has 0 unspecified atom stereocenters. The van der Waals surface area contributed by atoms with Crippen molar-refractivity contribution in [1.82, 2.24) is 4.98 Å². The van der Waals surface area contributed by atoms with Crippen LogP contribution in [0, 0.1) is 6.92 Å². The van der Waals surface area contributed by atoms with Gasteiger partial charge in [-0.25, -0.2) is 18.2 Å². The molecule has 0 aliphatic carbocycles. The number of hydrogen-bond acceptors (Lipinski definition) is 5. The van der Waals surface area contributed by atoms with Crippen LogP contribution in [0.1, 0.15) is 22.8 Å². The molecule has 0 radical (unpaired) electrons. The van der Waals surface area contributed by atoms with Gasteiger partial charge in [-0.2, -0.15) is 0 Å². The maximum absolute atomic E-state index is 12.3. The molecule has 0 spiro atoms. The number of carboxylic acids is 1. The van der Waals surface area contributed by atoms with Crippen molar-refractivity contribution in [2.75, 3.05) is 11.3 Å². The molecule has 1 aromatic carbocycles. The van der Waals surface area contributed by atoms with E-state index in [0.29, 0.717) is 18.1 Å². The molecule has 2 aromatic rings. The van der Waals surface area contributed by atoms with E-state index in [0.717, 1.165) is 0 Å². The van der Waals surface area contributed by atoms with Gasteiger partial charge in [0.2, 0.25) is 5.88 Å². The third-order valence-corrected chi connectivity index (χ3v) is 4.40. The number of anilines is 1. The Bertz CT molecular complexity index is 816. The minimum atomic E-state index is -3.86. The van der Waals surface area contributed by atoms with Crippen molar-refractivity contribution in [1.29, 1.82) is 0 Å². The molecule has 23 heavy (non-hydrogen) atoms. The van der Waals surface area contributed by atoms with E-state index in [1.165, 1.54) is 36.5 Å². The molecule has 0 saturated carbocycles. The fraction of sp³-hybridized carbons (Fsp3) is 0.200. The Morgan fingerprint density at radius 2 is 2.04 bits per heavy atom. The smallest absolute Gasteiger partial charge is 0.336 e. The molecule has 1 aromatic heterocycles. The van der Waals surface area contributed by atoms with E-state index in [4.69, 9.17) is 9.84 Å². The average molecular weight is 336 g/mol. The first-order valence-corrected chi connectivity index (χ1v) is 8.27. The van der Waals surface area contributed by atoms with Gasteiger partial charge < -0.3 is 9.84 Å². The number of nitrogens with one attached hydrogen (secondary N) is 1. The molecule has 1 heterocycles. The summed E-state index contributed by atoms with van der Waals surface area (Å²) in [7, 11) is -3.86. The topological polar surface area (TPSA) is 106 Å². The van der Waals surface area contributed by atoms with Crippen molar-refractivity contribution in [3.63, 3.8) is 0 Å². The number of aryl methyl sites for hydroxylation is 1. The van der Waals surface area contributed by atoms with Gasteiger partial charge in [-0.1, -0.05) is 6.07 Å². The Morgan fingerprint density at radius 1 is 1.30 bits per heavy atom. The van der Waals surface area contributed by atoms with Gasteiger partial charge >= 0.3 is 5.97 Å². The van der Waals surface area contributed by atoms with Crippen LogP contribution in [0.25, 0.3) is 0 Å². The highest BCUT2D eigenvalue weighted by Gasteiger charge is 2.16. The standard InChI is InChI=1S/C15H16N2O5S/c1-3-22-14-7-6-12(9-16-14)23(20,21)17-11-5-4-10(2)13(8-11)15(18)19/h4-9,17H,3H2,1-2H3,(H,18,19). The Hall–Kier alpha value is -2.61. The van der Waals surface area contributed by atoms with Crippen molar-refractivity contribution in [3.8, 4) is 5.88 Å². The summed E-state index contributed by atoms with van der Waals surface area (Å²) in [6, 6.07) is 7.14. The van der Waals surface area contributed by atoms with Crippen LogP contribution >= 0.6 is 0 Å². The number of benzene rings is 1. The first-order chi connectivity index (χ1) is 10.8. The molecule has 0 amide bonds. The van der Waals surface area contributed by atoms with Gasteiger partial charge in [0.15, 0.2) is 0 Å². The maximum atomic E-state index is 12.3. The summed E-state index contributed by atoms with van der Waals surface area (Å²) >= 11 is 0. The second kappa shape index (κ2) is 6.66. The molecule has 2 N–H and O–H groups in total. The van der Waals surface area contributed by atoms with Gasteiger partial charge in [0, 0.05) is 11.8 Å². The Kier molecular flexibility index (Phi) is 4.85. The van der Waals surface area contributed by atoms with Crippen LogP contribution in [0.4, 0.5) is 5.69 Å². The van der Waals surface area contributed by atoms with Crippen molar-refractivity contribution in [2.24, 2.45) is 0 Å². The molecule has 8 heteroatoms. The number of nitrogens with zero attached hydrogens (tertiary/aromatic N) is 1. The molecule has 0 fully saturated rings. The second-order valence-electron chi connectivity index (χ2n) is 4.71. The van der Waals surface area contributed by atoms with Crippen LogP contribution in [-0.2, 0) is 10.0 Å². The van der Waals surface area contributed by atoms with E-state index in [-0.39, 0.29) is 16.1 Å². The van der Waals surface area contributed by atoms with Crippen LogP contribution in [0.5, 0.6) is 5.88 Å². The first-order valence-electron chi connectivity index (χ1n) is 6.79. The molecule has 122 valence electrons. The SMILES string of the molecule is CCOc1ccc(S(=O)(=O)Nc2ccc(C)c(C(=O)O)c2)cn1. The number of pyridine rings is 1. The molecule has 0 aliphatic rings. The third kappa shape index (κ3) is 3.98. The number of aromatic nitrogens is 1. The van der Waals surface area contributed by atoms with E-state index < -0.39 is 16.0 Å². The summed E-state index contributed by atoms with van der Waals surface area (Å²) in [4.78, 5) is 15.0. The lowest BCUT2D eigenvalue weighted by Crippen LogP contribution is -2.14. The van der Waals surface area contributed by atoms with E-state index in [1.54, 1.807) is 13.8 Å². The molecule has 0 aliphatic heterocycles. The lowest BCUT2D eigenvalue weighted by Gasteiger charge is -2.10. The molecular weight excluding hydrogens is 320 g/mol. The van der Waals surface area contributed by atoms with Crippen molar-refractivity contribution < 1.29 is 23.1 Å². The quantitative estimate of drug-likeness (QED) is 0.838. The predicted molar refractivity (Wildman–Crippen MR) is 84.4 cm³/mol. The number of carbonyl (C=O) groups is 1. The van der Waals surface area contributed by atoms with Gasteiger partial charge in [0.25, 0.3) is 10.0 Å². The van der Waals surface area contributed by atoms with Gasteiger partial charge in [-0.3, -0.25) is 4.72 Å². The number of rotatable bonds is 6. The van der Waals surface area contributed by atoms with E-state index in [9.17, 15) is 13.2 Å². The van der Waals surface area contributed by atoms with E-state index in [1.807, 2.05) is 0 Å². The van der Waals surface area contributed by atoms with Crippen molar-refractivity contribution in [2.45, 2.75) is 18.7 Å². The molecule has 0 atom stereocenters. The van der Waals surface area contributed by atoms with Crippen LogP contribution in [0.3, 0.4) is 0 Å². The fourth-order valence-electron chi connectivity index (χ4n) is 1.89. The van der Waals surface area contributed by atoms with E-state index in [2.05, 4.69) is 9.71 Å². The van der Waals surface area contributed by atoms with Gasteiger partial charge in [0.05, 0.1) is 18.4 Å². The number of hydrogen-bond donors (Lipinski definition) is 2. The van der Waals surface area contributed by atoms with E-state index >= 15 is 0 Å². The minimum Gasteiger partial charge on any atom is -0.478 e. The average Bonchev–Trinajstić information content (AvgIpc) is 2.49. The highest BCUT2D eigenvalue weighted by Crippen LogP contribution is 2.20. The minimum absolute atomic E-state index is 0.0371. The number of carboxylic acid groups (broad SMARTS) is 1. The fourth-order valence-corrected chi connectivity index (χ4v) is 2.88. The largest absolute Gasteiger partial charge is 0.478 e. The molecular formula is C15H16N2O5S. The molecule has 7 nitrogen and oxygen atoms in total. The van der Waals surface area contributed by atoms with Crippen molar-refractivity contribution in [3.05, 3.63) is 47.7 Å². The monoisotopic (exact) mass is 336 g/mol. The summed E-state index contributed by atoms with van der Waals surface area (Å²) in [5.74, 6) is -0.791. The normalized spacial score (nSPS) is 11.0. The number of aromatic carboxylic acids is 1. The molecule has 2 rings (SSSR count). The second-order valence-corrected chi connectivity index (χ2v) is 6.39. The zero-order chi connectivity index (χ0) is 17.0. The van der Waals surface area contributed by atoms with Crippen LogP contribution in [0.2, 0.25) is 0 Å². The highest BCUT2D eigenvalue weighted by atomic mass is 32.2. The Morgan fingerprint density at radius 3 is 2.61 bits per heavy atom. The number of sulfonamides is 1. The van der Waals surface area contributed by atoms with Gasteiger partial charge in [-0.05, 0) is 37.6 Å². The zero-order valence-corrected chi connectivity index (χ0v) is 13.4. The molecule has 0 saturated heterocycles. The summed E-state index contributed by atoms with van der Waals surface area (Å²) in [5.41, 5.74) is 0.750. The lowest BCUT2D eigenvalue weighted by atomic mass is 10.1. The highest BCUT2D eigenvalue weighted by molar-refractivity contribution is 7.92. The third-order valence-electron chi connectivity index (χ3n) is 3.03. The summed E-state index contributed by atoms with van der Waals surface area (Å²) in [6.45, 7) is 3.86. The Balaban J connectivity index is 2.27. The molecule has 0 bridgehead atoms. The van der Waals surface area contributed by atoms with Crippen molar-refractivity contribution >= 4 is 21.7 Å². The summed E-state index contributed by atoms with van der Waals surface area (Å²) < 4.78 is 32.1. The van der Waals surface area contributed by atoms with Gasteiger partial charge in [-0.15, -0.1) is 0 Å². The zero-order valence-electron chi connectivity index (χ0n) is 12.6. The predicted octanol–water partition coefficient (Wildman–Crippen LogP) is 2.29. The number of ether oxygens (including phenoxy) is 1. The van der Waals surface area contributed by atoms with Crippen LogP contribution < -0.4 is 9.46 Å².